The summed E-state index contributed by atoms with van der Waals surface area (Å²) in [5.41, 5.74) is 0.372. The van der Waals surface area contributed by atoms with E-state index in [4.69, 9.17) is 15.4 Å². The number of rotatable bonds is 7. The molecule has 0 unspecified atom stereocenters. The fraction of sp³-hybridized carbons (Fsp3) is 0.750. The van der Waals surface area contributed by atoms with E-state index in [0.29, 0.717) is 30.7 Å². The molecule has 1 aromatic heterocycles. The van der Waals surface area contributed by atoms with Gasteiger partial charge in [-0.1, -0.05) is 27.7 Å². The summed E-state index contributed by atoms with van der Waals surface area (Å²) in [6.07, 6.45) is 1.47. The number of halogens is 1. The van der Waals surface area contributed by atoms with Crippen molar-refractivity contribution >= 4 is 19.7 Å². The second-order valence-electron chi connectivity index (χ2n) is 5.40. The molecule has 0 aliphatic rings. The molecule has 1 aromatic rings. The summed E-state index contributed by atoms with van der Waals surface area (Å²) in [5, 5.41) is 4.24. The SMILES string of the molecule is CC(C)COCc1nn(CC(C)C)cc1S(=O)(=O)Cl. The highest BCUT2D eigenvalue weighted by molar-refractivity contribution is 8.13. The van der Waals surface area contributed by atoms with Crippen molar-refractivity contribution in [3.63, 3.8) is 0 Å². The highest BCUT2D eigenvalue weighted by Crippen LogP contribution is 2.20. The molecule has 0 atom stereocenters. The van der Waals surface area contributed by atoms with Crippen LogP contribution in [0.3, 0.4) is 0 Å². The van der Waals surface area contributed by atoms with E-state index in [1.807, 2.05) is 27.7 Å². The van der Waals surface area contributed by atoms with E-state index in [0.717, 1.165) is 0 Å². The first-order valence-corrected chi connectivity index (χ1v) is 8.59. The van der Waals surface area contributed by atoms with E-state index in [9.17, 15) is 8.42 Å². The van der Waals surface area contributed by atoms with Crippen LogP contribution in [0.25, 0.3) is 0 Å². The third-order valence-electron chi connectivity index (χ3n) is 2.30. The molecule has 0 saturated heterocycles. The van der Waals surface area contributed by atoms with Crippen LogP contribution in [0, 0.1) is 11.8 Å². The molecule has 5 nitrogen and oxygen atoms in total. The van der Waals surface area contributed by atoms with Gasteiger partial charge in [0.2, 0.25) is 0 Å². The first-order valence-electron chi connectivity index (χ1n) is 6.29. The summed E-state index contributed by atoms with van der Waals surface area (Å²) in [4.78, 5) is 0.0403. The molecule has 0 bridgehead atoms. The first kappa shape index (κ1) is 16.5. The Balaban J connectivity index is 2.90. The Hall–Kier alpha value is -0.590. The van der Waals surface area contributed by atoms with Crippen molar-refractivity contribution in [1.82, 2.24) is 9.78 Å². The molecule has 0 aliphatic heterocycles. The minimum Gasteiger partial charge on any atom is -0.375 e. The van der Waals surface area contributed by atoms with Crippen LogP contribution in [-0.4, -0.2) is 24.8 Å². The zero-order chi connectivity index (χ0) is 14.6. The van der Waals surface area contributed by atoms with Gasteiger partial charge in [-0.15, -0.1) is 0 Å². The van der Waals surface area contributed by atoms with Crippen LogP contribution in [-0.2, 0) is 26.9 Å². The zero-order valence-corrected chi connectivity index (χ0v) is 13.3. The van der Waals surface area contributed by atoms with Crippen LogP contribution >= 0.6 is 10.7 Å². The first-order chi connectivity index (χ1) is 8.70. The van der Waals surface area contributed by atoms with Gasteiger partial charge < -0.3 is 4.74 Å². The third-order valence-corrected chi connectivity index (χ3v) is 3.67. The molecule has 7 heteroatoms. The van der Waals surface area contributed by atoms with Crippen LogP contribution in [0.1, 0.15) is 33.4 Å². The molecule has 19 heavy (non-hydrogen) atoms. The van der Waals surface area contributed by atoms with E-state index in [2.05, 4.69) is 5.10 Å². The van der Waals surface area contributed by atoms with Crippen molar-refractivity contribution in [1.29, 1.82) is 0 Å². The van der Waals surface area contributed by atoms with Gasteiger partial charge in [-0.05, 0) is 11.8 Å². The van der Waals surface area contributed by atoms with Gasteiger partial charge in [0.15, 0.2) is 0 Å². The maximum absolute atomic E-state index is 11.5. The van der Waals surface area contributed by atoms with E-state index >= 15 is 0 Å². The normalized spacial score (nSPS) is 12.6. The predicted molar refractivity (Wildman–Crippen MR) is 74.6 cm³/mol. The molecular formula is C12H21ClN2O3S. The summed E-state index contributed by atoms with van der Waals surface area (Å²) in [6, 6.07) is 0. The monoisotopic (exact) mass is 308 g/mol. The summed E-state index contributed by atoms with van der Waals surface area (Å²) in [5.74, 6) is 0.754. The highest BCUT2D eigenvalue weighted by Gasteiger charge is 2.20. The van der Waals surface area contributed by atoms with Crippen molar-refractivity contribution in [2.24, 2.45) is 11.8 Å². The van der Waals surface area contributed by atoms with Gasteiger partial charge in [-0.2, -0.15) is 5.10 Å². The molecule has 0 fully saturated rings. The van der Waals surface area contributed by atoms with E-state index < -0.39 is 9.05 Å². The van der Waals surface area contributed by atoms with Crippen LogP contribution in [0.2, 0.25) is 0 Å². The predicted octanol–water partition coefficient (Wildman–Crippen LogP) is 2.64. The number of aromatic nitrogens is 2. The van der Waals surface area contributed by atoms with Crippen molar-refractivity contribution in [2.45, 2.75) is 45.7 Å². The molecule has 0 amide bonds. The standard InChI is InChI=1S/C12H21ClN2O3S/c1-9(2)5-15-6-12(19(13,16)17)11(14-15)8-18-7-10(3)4/h6,9-10H,5,7-8H2,1-4H3. The zero-order valence-electron chi connectivity index (χ0n) is 11.8. The van der Waals surface area contributed by atoms with Crippen LogP contribution in [0.5, 0.6) is 0 Å². The molecule has 1 rings (SSSR count). The number of ether oxygens (including phenoxy) is 1. The van der Waals surface area contributed by atoms with Crippen molar-refractivity contribution < 1.29 is 13.2 Å². The van der Waals surface area contributed by atoms with Crippen molar-refractivity contribution in [3.8, 4) is 0 Å². The minimum atomic E-state index is -3.79. The average Bonchev–Trinajstić information content (AvgIpc) is 2.59. The Bertz CT molecular complexity index is 509. The second kappa shape index (κ2) is 6.72. The summed E-state index contributed by atoms with van der Waals surface area (Å²) >= 11 is 0. The van der Waals surface area contributed by atoms with Crippen LogP contribution < -0.4 is 0 Å². The molecule has 0 aliphatic carbocycles. The molecule has 0 saturated carbocycles. The van der Waals surface area contributed by atoms with E-state index in [1.165, 1.54) is 6.20 Å². The maximum atomic E-state index is 11.5. The second-order valence-corrected chi connectivity index (χ2v) is 7.94. The van der Waals surface area contributed by atoms with Crippen molar-refractivity contribution in [3.05, 3.63) is 11.9 Å². The summed E-state index contributed by atoms with van der Waals surface area (Å²) in [6.45, 7) is 9.47. The van der Waals surface area contributed by atoms with Crippen molar-refractivity contribution in [2.75, 3.05) is 6.61 Å². The number of hydrogen-bond acceptors (Lipinski definition) is 4. The maximum Gasteiger partial charge on any atom is 0.264 e. The number of hydrogen-bond donors (Lipinski definition) is 0. The lowest BCUT2D eigenvalue weighted by Crippen LogP contribution is -2.07. The largest absolute Gasteiger partial charge is 0.375 e. The number of nitrogens with zero attached hydrogens (tertiary/aromatic N) is 2. The van der Waals surface area contributed by atoms with Gasteiger partial charge in [0.25, 0.3) is 9.05 Å². The van der Waals surface area contributed by atoms with Gasteiger partial charge in [-0.3, -0.25) is 4.68 Å². The van der Waals surface area contributed by atoms with Gasteiger partial charge in [0.1, 0.15) is 10.6 Å². The van der Waals surface area contributed by atoms with E-state index in [1.54, 1.807) is 4.68 Å². The van der Waals surface area contributed by atoms with Gasteiger partial charge in [-0.25, -0.2) is 8.42 Å². The third kappa shape index (κ3) is 5.50. The molecular weight excluding hydrogens is 288 g/mol. The quantitative estimate of drug-likeness (QED) is 0.727. The lowest BCUT2D eigenvalue weighted by Gasteiger charge is -2.06. The fourth-order valence-electron chi connectivity index (χ4n) is 1.61. The molecule has 110 valence electrons. The lowest BCUT2D eigenvalue weighted by molar-refractivity contribution is 0.0929. The Morgan fingerprint density at radius 1 is 1.32 bits per heavy atom. The Morgan fingerprint density at radius 3 is 2.42 bits per heavy atom. The summed E-state index contributed by atoms with van der Waals surface area (Å²) < 4.78 is 30.1. The molecule has 0 N–H and O–H groups in total. The van der Waals surface area contributed by atoms with Gasteiger partial charge in [0.05, 0.1) is 6.61 Å². The smallest absolute Gasteiger partial charge is 0.264 e. The fourth-order valence-corrected chi connectivity index (χ4v) is 2.62. The van der Waals surface area contributed by atoms with E-state index in [-0.39, 0.29) is 11.5 Å². The van der Waals surface area contributed by atoms with Gasteiger partial charge >= 0.3 is 0 Å². The molecule has 0 aromatic carbocycles. The minimum absolute atomic E-state index is 0.0403. The Labute approximate surface area is 119 Å². The molecule has 0 radical (unpaired) electrons. The highest BCUT2D eigenvalue weighted by atomic mass is 35.7. The average molecular weight is 309 g/mol. The molecule has 1 heterocycles. The van der Waals surface area contributed by atoms with Crippen LogP contribution in [0.15, 0.2) is 11.1 Å². The summed E-state index contributed by atoms with van der Waals surface area (Å²) in [7, 11) is 1.63. The van der Waals surface area contributed by atoms with Crippen LogP contribution in [0.4, 0.5) is 0 Å². The Kier molecular flexibility index (Phi) is 5.82. The Morgan fingerprint density at radius 2 is 1.95 bits per heavy atom. The lowest BCUT2D eigenvalue weighted by atomic mass is 10.2. The van der Waals surface area contributed by atoms with Gasteiger partial charge in [0, 0.05) is 30.0 Å². The topological polar surface area (TPSA) is 61.2 Å². The molecule has 0 spiro atoms.